The van der Waals surface area contributed by atoms with Crippen LogP contribution in [0, 0.1) is 6.92 Å². The molecule has 0 aliphatic carbocycles. The molecule has 0 bridgehead atoms. The third-order valence-corrected chi connectivity index (χ3v) is 4.59. The van der Waals surface area contributed by atoms with Crippen molar-refractivity contribution in [3.8, 4) is 0 Å². The molecule has 0 saturated carbocycles. The molecule has 2 amide bonds. The number of hydrogen-bond donors (Lipinski definition) is 1. The monoisotopic (exact) mass is 341 g/mol. The van der Waals surface area contributed by atoms with Crippen molar-refractivity contribution < 1.29 is 4.79 Å². The maximum absolute atomic E-state index is 12.7. The fourth-order valence-corrected chi connectivity index (χ4v) is 3.27. The molecule has 2 aromatic rings. The van der Waals surface area contributed by atoms with Crippen LogP contribution in [-0.2, 0) is 6.54 Å². The number of amides is 2. The lowest BCUT2D eigenvalue weighted by molar-refractivity contribution is 0.207. The Balaban J connectivity index is 1.64. The molecule has 1 unspecified atom stereocenters. The van der Waals surface area contributed by atoms with Gasteiger partial charge in [0, 0.05) is 25.4 Å². The average Bonchev–Trinajstić information content (AvgIpc) is 3.22. The quantitative estimate of drug-likeness (QED) is 0.909. The number of nitrogens with one attached hydrogen (secondary N) is 1. The van der Waals surface area contributed by atoms with Gasteiger partial charge in [0.25, 0.3) is 0 Å². The minimum atomic E-state index is -0.0677. The number of hydrogen-bond acceptors (Lipinski definition) is 3. The van der Waals surface area contributed by atoms with Gasteiger partial charge in [-0.25, -0.2) is 4.79 Å². The van der Waals surface area contributed by atoms with Crippen LogP contribution in [0.3, 0.4) is 0 Å². The van der Waals surface area contributed by atoms with Crippen LogP contribution in [0.1, 0.15) is 30.0 Å². The summed E-state index contributed by atoms with van der Waals surface area (Å²) in [5, 5.41) is 7.38. The number of aryl methyl sites for hydroxylation is 1. The van der Waals surface area contributed by atoms with Gasteiger partial charge in [-0.15, -0.1) is 0 Å². The van der Waals surface area contributed by atoms with E-state index in [2.05, 4.69) is 46.5 Å². The van der Waals surface area contributed by atoms with Crippen molar-refractivity contribution in [2.45, 2.75) is 32.4 Å². The number of benzene rings is 1. The molecule has 25 heavy (non-hydrogen) atoms. The summed E-state index contributed by atoms with van der Waals surface area (Å²) < 4.78 is 1.86. The lowest BCUT2D eigenvalue weighted by Gasteiger charge is -2.25. The summed E-state index contributed by atoms with van der Waals surface area (Å²) in [6, 6.07) is 10.4. The van der Waals surface area contributed by atoms with Crippen molar-refractivity contribution >= 4 is 11.8 Å². The molecule has 1 atom stereocenters. The maximum Gasteiger partial charge on any atom is 0.323 e. The van der Waals surface area contributed by atoms with E-state index < -0.39 is 0 Å². The summed E-state index contributed by atoms with van der Waals surface area (Å²) in [6.45, 7) is 4.59. The summed E-state index contributed by atoms with van der Waals surface area (Å²) in [6.07, 6.45) is 3.94. The van der Waals surface area contributed by atoms with E-state index in [9.17, 15) is 4.79 Å². The SMILES string of the molecule is Cc1cccc(C2CCCN2C(=O)Nc2ccn(CCN(C)C)n2)c1. The summed E-state index contributed by atoms with van der Waals surface area (Å²) >= 11 is 0. The molecule has 6 heteroatoms. The van der Waals surface area contributed by atoms with Crippen molar-refractivity contribution in [3.05, 3.63) is 47.7 Å². The van der Waals surface area contributed by atoms with E-state index in [1.54, 1.807) is 0 Å². The molecular formula is C19H27N5O. The standard InChI is InChI=1S/C19H27N5O/c1-15-6-4-7-16(14-15)17-8-5-10-24(17)19(25)20-18-9-11-23(21-18)13-12-22(2)3/h4,6-7,9,11,14,17H,5,8,10,12-13H2,1-3H3,(H,20,21,25). The third-order valence-electron chi connectivity index (χ3n) is 4.59. The molecule has 2 heterocycles. The van der Waals surface area contributed by atoms with Gasteiger partial charge in [-0.1, -0.05) is 29.8 Å². The zero-order chi connectivity index (χ0) is 17.8. The van der Waals surface area contributed by atoms with Gasteiger partial charge in [0.2, 0.25) is 0 Å². The van der Waals surface area contributed by atoms with Crippen LogP contribution < -0.4 is 5.32 Å². The molecule has 3 rings (SSSR count). The highest BCUT2D eigenvalue weighted by molar-refractivity contribution is 5.88. The Morgan fingerprint density at radius 1 is 1.36 bits per heavy atom. The second-order valence-corrected chi connectivity index (χ2v) is 6.96. The largest absolute Gasteiger partial charge is 0.323 e. The van der Waals surface area contributed by atoms with E-state index in [0.717, 1.165) is 32.5 Å². The fraction of sp³-hybridized carbons (Fsp3) is 0.474. The fourth-order valence-electron chi connectivity index (χ4n) is 3.27. The topological polar surface area (TPSA) is 53.4 Å². The van der Waals surface area contributed by atoms with Gasteiger partial charge in [-0.2, -0.15) is 5.10 Å². The van der Waals surface area contributed by atoms with E-state index in [1.807, 2.05) is 35.9 Å². The molecule has 1 saturated heterocycles. The normalized spacial score (nSPS) is 17.3. The highest BCUT2D eigenvalue weighted by atomic mass is 16.2. The van der Waals surface area contributed by atoms with Crippen molar-refractivity contribution in [2.75, 3.05) is 32.5 Å². The first kappa shape index (κ1) is 17.5. The molecule has 1 N–H and O–H groups in total. The van der Waals surface area contributed by atoms with Gasteiger partial charge in [-0.3, -0.25) is 10.00 Å². The number of carbonyl (C=O) groups is 1. The zero-order valence-electron chi connectivity index (χ0n) is 15.3. The number of nitrogens with zero attached hydrogens (tertiary/aromatic N) is 4. The average molecular weight is 341 g/mol. The third kappa shape index (κ3) is 4.39. The van der Waals surface area contributed by atoms with Gasteiger partial charge in [0.15, 0.2) is 5.82 Å². The number of likely N-dealkylation sites (N-methyl/N-ethyl adjacent to an activating group) is 1. The van der Waals surface area contributed by atoms with Gasteiger partial charge < -0.3 is 9.80 Å². The molecule has 6 nitrogen and oxygen atoms in total. The number of carbonyl (C=O) groups excluding carboxylic acids is 1. The van der Waals surface area contributed by atoms with Crippen LogP contribution in [0.5, 0.6) is 0 Å². The van der Waals surface area contributed by atoms with E-state index in [-0.39, 0.29) is 12.1 Å². The molecule has 1 aromatic carbocycles. The van der Waals surface area contributed by atoms with E-state index in [4.69, 9.17) is 0 Å². The molecule has 134 valence electrons. The second kappa shape index (κ2) is 7.70. The molecule has 0 radical (unpaired) electrons. The number of likely N-dealkylation sites (tertiary alicyclic amines) is 1. The van der Waals surface area contributed by atoms with Gasteiger partial charge in [0.05, 0.1) is 12.6 Å². The maximum atomic E-state index is 12.7. The lowest BCUT2D eigenvalue weighted by Crippen LogP contribution is -2.34. The Kier molecular flexibility index (Phi) is 5.38. The highest BCUT2D eigenvalue weighted by Gasteiger charge is 2.30. The zero-order valence-corrected chi connectivity index (χ0v) is 15.3. The second-order valence-electron chi connectivity index (χ2n) is 6.96. The van der Waals surface area contributed by atoms with Crippen molar-refractivity contribution in [2.24, 2.45) is 0 Å². The van der Waals surface area contributed by atoms with Crippen molar-refractivity contribution in [1.29, 1.82) is 0 Å². The van der Waals surface area contributed by atoms with Gasteiger partial charge in [0.1, 0.15) is 0 Å². The minimum absolute atomic E-state index is 0.0677. The van der Waals surface area contributed by atoms with Crippen LogP contribution >= 0.6 is 0 Å². The lowest BCUT2D eigenvalue weighted by atomic mass is 10.0. The number of anilines is 1. The minimum Gasteiger partial charge on any atom is -0.317 e. The first-order valence-electron chi connectivity index (χ1n) is 8.85. The first-order valence-corrected chi connectivity index (χ1v) is 8.85. The Labute approximate surface area is 149 Å². The first-order chi connectivity index (χ1) is 12.0. The Hall–Kier alpha value is -2.34. The Bertz CT molecular complexity index is 724. The van der Waals surface area contributed by atoms with Crippen LogP contribution in [0.2, 0.25) is 0 Å². The highest BCUT2D eigenvalue weighted by Crippen LogP contribution is 2.32. The van der Waals surface area contributed by atoms with E-state index >= 15 is 0 Å². The van der Waals surface area contributed by atoms with Crippen LogP contribution in [-0.4, -0.2) is 52.8 Å². The Morgan fingerprint density at radius 3 is 2.96 bits per heavy atom. The van der Waals surface area contributed by atoms with E-state index in [0.29, 0.717) is 5.82 Å². The van der Waals surface area contributed by atoms with Crippen LogP contribution in [0.25, 0.3) is 0 Å². The summed E-state index contributed by atoms with van der Waals surface area (Å²) in [7, 11) is 4.07. The molecule has 1 fully saturated rings. The predicted octanol–water partition coefficient (Wildman–Crippen LogP) is 3.12. The van der Waals surface area contributed by atoms with Crippen LogP contribution in [0.15, 0.2) is 36.5 Å². The molecule has 1 aliphatic rings. The molecule has 0 spiro atoms. The van der Waals surface area contributed by atoms with E-state index in [1.165, 1.54) is 11.1 Å². The summed E-state index contributed by atoms with van der Waals surface area (Å²) in [5.41, 5.74) is 2.44. The summed E-state index contributed by atoms with van der Waals surface area (Å²) in [5.74, 6) is 0.610. The van der Waals surface area contributed by atoms with Crippen molar-refractivity contribution in [3.63, 3.8) is 0 Å². The molecule has 1 aromatic heterocycles. The molecule has 1 aliphatic heterocycles. The number of rotatable bonds is 5. The number of aromatic nitrogens is 2. The Morgan fingerprint density at radius 2 is 2.20 bits per heavy atom. The predicted molar refractivity (Wildman–Crippen MR) is 99.7 cm³/mol. The smallest absolute Gasteiger partial charge is 0.317 e. The summed E-state index contributed by atoms with van der Waals surface area (Å²) in [4.78, 5) is 16.7. The van der Waals surface area contributed by atoms with Gasteiger partial charge >= 0.3 is 6.03 Å². The van der Waals surface area contributed by atoms with Crippen LogP contribution in [0.4, 0.5) is 10.6 Å². The van der Waals surface area contributed by atoms with Crippen molar-refractivity contribution in [1.82, 2.24) is 19.6 Å². The number of urea groups is 1. The molecular weight excluding hydrogens is 314 g/mol. The van der Waals surface area contributed by atoms with Gasteiger partial charge in [-0.05, 0) is 39.4 Å².